The molecule has 1 rings (SSSR count). The Hall–Kier alpha value is -1.17. The minimum Gasteiger partial charge on any atom is -0.392 e. The average molecular weight is 285 g/mol. The molecule has 0 unspecified atom stereocenters. The average Bonchev–Trinajstić information content (AvgIpc) is 2.43. The molecular formula is C13H23N3O2S. The number of carbonyl (C=O) groups is 2. The van der Waals surface area contributed by atoms with Gasteiger partial charge in [-0.05, 0) is 12.8 Å². The molecule has 1 fully saturated rings. The molecule has 3 N–H and O–H groups in total. The Balaban J connectivity index is 2.71. The van der Waals surface area contributed by atoms with Crippen LogP contribution < -0.4 is 11.1 Å². The van der Waals surface area contributed by atoms with Crippen molar-refractivity contribution in [3.05, 3.63) is 0 Å². The van der Waals surface area contributed by atoms with Gasteiger partial charge in [-0.15, -0.1) is 0 Å². The Morgan fingerprint density at radius 2 is 1.89 bits per heavy atom. The Morgan fingerprint density at radius 1 is 1.32 bits per heavy atom. The van der Waals surface area contributed by atoms with Crippen molar-refractivity contribution in [2.45, 2.75) is 38.5 Å². The number of nitrogens with one attached hydrogen (secondary N) is 1. The lowest BCUT2D eigenvalue weighted by molar-refractivity contribution is -0.138. The van der Waals surface area contributed by atoms with Gasteiger partial charge >= 0.3 is 0 Å². The molecule has 0 bridgehead atoms. The largest absolute Gasteiger partial charge is 0.392 e. The molecule has 0 spiro atoms. The summed E-state index contributed by atoms with van der Waals surface area (Å²) in [6.45, 7) is 0.392. The fraction of sp³-hybridized carbons (Fsp3) is 0.769. The van der Waals surface area contributed by atoms with E-state index in [0.717, 1.165) is 32.1 Å². The molecule has 6 heteroatoms. The smallest absolute Gasteiger partial charge is 0.235 e. The molecule has 0 atom stereocenters. The van der Waals surface area contributed by atoms with Gasteiger partial charge in [-0.3, -0.25) is 9.59 Å². The number of rotatable bonds is 5. The maximum Gasteiger partial charge on any atom is 0.235 e. The molecule has 0 aromatic heterocycles. The molecule has 108 valence electrons. The summed E-state index contributed by atoms with van der Waals surface area (Å²) in [5.41, 5.74) is 5.14. The number of hydrogen-bond donors (Lipinski definition) is 2. The molecule has 1 aliphatic rings. The van der Waals surface area contributed by atoms with E-state index in [-0.39, 0.29) is 11.8 Å². The minimum absolute atomic E-state index is 0.0383. The Labute approximate surface area is 119 Å². The highest BCUT2D eigenvalue weighted by Crippen LogP contribution is 2.38. The van der Waals surface area contributed by atoms with Crippen LogP contribution in [0.15, 0.2) is 0 Å². The molecule has 1 aliphatic carbocycles. The van der Waals surface area contributed by atoms with E-state index in [9.17, 15) is 9.59 Å². The predicted octanol–water partition coefficient (Wildman–Crippen LogP) is 0.817. The van der Waals surface area contributed by atoms with Crippen molar-refractivity contribution in [1.29, 1.82) is 0 Å². The summed E-state index contributed by atoms with van der Waals surface area (Å²) in [6, 6.07) is 0. The standard InChI is InChI=1S/C13H23N3O2S/c1-15-10(17)6-9-16(2)12(18)13(11(14)19)7-4-3-5-8-13/h3-9H2,1-2H3,(H2,14,19)(H,15,17). The first kappa shape index (κ1) is 15.9. The van der Waals surface area contributed by atoms with E-state index in [1.165, 1.54) is 0 Å². The van der Waals surface area contributed by atoms with Gasteiger partial charge in [0, 0.05) is 27.1 Å². The molecular weight excluding hydrogens is 262 g/mol. The van der Waals surface area contributed by atoms with Gasteiger partial charge in [-0.2, -0.15) is 0 Å². The third-order valence-electron chi connectivity index (χ3n) is 3.89. The van der Waals surface area contributed by atoms with Crippen LogP contribution in [0.1, 0.15) is 38.5 Å². The first-order chi connectivity index (χ1) is 8.94. The third-order valence-corrected chi connectivity index (χ3v) is 4.28. The summed E-state index contributed by atoms with van der Waals surface area (Å²) in [5.74, 6) is -0.115. The molecule has 19 heavy (non-hydrogen) atoms. The summed E-state index contributed by atoms with van der Waals surface area (Å²) in [4.78, 5) is 25.7. The second-order valence-electron chi connectivity index (χ2n) is 5.16. The normalized spacial score (nSPS) is 17.6. The molecule has 1 saturated carbocycles. The summed E-state index contributed by atoms with van der Waals surface area (Å²) in [5, 5.41) is 2.54. The highest BCUT2D eigenvalue weighted by atomic mass is 32.1. The van der Waals surface area contributed by atoms with E-state index in [1.54, 1.807) is 19.0 Å². The van der Waals surface area contributed by atoms with Crippen molar-refractivity contribution in [2.24, 2.45) is 11.1 Å². The van der Waals surface area contributed by atoms with E-state index in [1.807, 2.05) is 0 Å². The quantitative estimate of drug-likeness (QED) is 0.733. The van der Waals surface area contributed by atoms with Gasteiger partial charge in [0.2, 0.25) is 11.8 Å². The lowest BCUT2D eigenvalue weighted by atomic mass is 9.73. The van der Waals surface area contributed by atoms with Crippen molar-refractivity contribution in [1.82, 2.24) is 10.2 Å². The van der Waals surface area contributed by atoms with Crippen LogP contribution in [0.5, 0.6) is 0 Å². The molecule has 0 saturated heterocycles. The fourth-order valence-corrected chi connectivity index (χ4v) is 2.87. The van der Waals surface area contributed by atoms with Crippen molar-refractivity contribution in [2.75, 3.05) is 20.6 Å². The summed E-state index contributed by atoms with van der Waals surface area (Å²) in [7, 11) is 3.29. The third kappa shape index (κ3) is 3.65. The highest BCUT2D eigenvalue weighted by molar-refractivity contribution is 7.80. The molecule has 0 radical (unpaired) electrons. The maximum absolute atomic E-state index is 12.6. The van der Waals surface area contributed by atoms with Crippen molar-refractivity contribution < 1.29 is 9.59 Å². The zero-order valence-corrected chi connectivity index (χ0v) is 12.5. The van der Waals surface area contributed by atoms with E-state index >= 15 is 0 Å². The van der Waals surface area contributed by atoms with Gasteiger partial charge in [-0.1, -0.05) is 31.5 Å². The topological polar surface area (TPSA) is 75.4 Å². The van der Waals surface area contributed by atoms with Crippen LogP contribution in [-0.4, -0.2) is 42.3 Å². The van der Waals surface area contributed by atoms with Crippen LogP contribution in [-0.2, 0) is 9.59 Å². The van der Waals surface area contributed by atoms with E-state index in [2.05, 4.69) is 5.32 Å². The second kappa shape index (κ2) is 6.84. The van der Waals surface area contributed by atoms with Gasteiger partial charge in [0.15, 0.2) is 0 Å². The molecule has 5 nitrogen and oxygen atoms in total. The van der Waals surface area contributed by atoms with Crippen molar-refractivity contribution >= 4 is 29.0 Å². The number of thiocarbonyl (C=S) groups is 1. The maximum atomic E-state index is 12.6. The second-order valence-corrected chi connectivity index (χ2v) is 5.60. The van der Waals surface area contributed by atoms with Crippen LogP contribution in [0.2, 0.25) is 0 Å². The zero-order valence-electron chi connectivity index (χ0n) is 11.7. The van der Waals surface area contributed by atoms with E-state index in [0.29, 0.717) is 18.0 Å². The molecule has 0 heterocycles. The Kier molecular flexibility index (Phi) is 5.72. The van der Waals surface area contributed by atoms with Gasteiger partial charge in [0.25, 0.3) is 0 Å². The zero-order chi connectivity index (χ0) is 14.5. The van der Waals surface area contributed by atoms with Crippen molar-refractivity contribution in [3.8, 4) is 0 Å². The highest BCUT2D eigenvalue weighted by Gasteiger charge is 2.43. The summed E-state index contributed by atoms with van der Waals surface area (Å²) in [6.07, 6.45) is 4.83. The number of nitrogens with zero attached hydrogens (tertiary/aromatic N) is 1. The lowest BCUT2D eigenvalue weighted by Crippen LogP contribution is -2.51. The number of nitrogens with two attached hydrogens (primary N) is 1. The Morgan fingerprint density at radius 3 is 2.37 bits per heavy atom. The van der Waals surface area contributed by atoms with Crippen LogP contribution in [0.3, 0.4) is 0 Å². The minimum atomic E-state index is -0.689. The van der Waals surface area contributed by atoms with Crippen LogP contribution >= 0.6 is 12.2 Å². The number of carbonyl (C=O) groups excluding carboxylic acids is 2. The van der Waals surface area contributed by atoms with Crippen molar-refractivity contribution in [3.63, 3.8) is 0 Å². The van der Waals surface area contributed by atoms with Gasteiger partial charge in [-0.25, -0.2) is 0 Å². The molecule has 0 aromatic carbocycles. The van der Waals surface area contributed by atoms with Crippen LogP contribution in [0.25, 0.3) is 0 Å². The molecule has 2 amide bonds. The van der Waals surface area contributed by atoms with Gasteiger partial charge in [0.05, 0.1) is 10.4 Å². The Bertz CT molecular complexity index is 365. The monoisotopic (exact) mass is 285 g/mol. The summed E-state index contributed by atoms with van der Waals surface area (Å²) >= 11 is 5.13. The summed E-state index contributed by atoms with van der Waals surface area (Å²) < 4.78 is 0. The van der Waals surface area contributed by atoms with Gasteiger partial charge < -0.3 is 16.0 Å². The number of hydrogen-bond acceptors (Lipinski definition) is 3. The molecule has 0 aromatic rings. The number of amides is 2. The van der Waals surface area contributed by atoms with E-state index < -0.39 is 5.41 Å². The molecule has 0 aliphatic heterocycles. The lowest BCUT2D eigenvalue weighted by Gasteiger charge is -2.37. The fourth-order valence-electron chi connectivity index (χ4n) is 2.58. The SMILES string of the molecule is CNC(=O)CCN(C)C(=O)C1(C(N)=S)CCCCC1. The first-order valence-corrected chi connectivity index (χ1v) is 7.11. The van der Waals surface area contributed by atoms with Crippen LogP contribution in [0.4, 0.5) is 0 Å². The van der Waals surface area contributed by atoms with E-state index in [4.69, 9.17) is 18.0 Å². The van der Waals surface area contributed by atoms with Gasteiger partial charge in [0.1, 0.15) is 0 Å². The predicted molar refractivity (Wildman–Crippen MR) is 78.6 cm³/mol. The van der Waals surface area contributed by atoms with Crippen LogP contribution in [0, 0.1) is 5.41 Å². The first-order valence-electron chi connectivity index (χ1n) is 6.70.